The summed E-state index contributed by atoms with van der Waals surface area (Å²) in [4.78, 5) is 37.1. The molecule has 0 atom stereocenters. The minimum atomic E-state index is -0.555. The topological polar surface area (TPSA) is 122 Å². The van der Waals surface area contributed by atoms with E-state index in [1.807, 2.05) is 6.92 Å². The van der Waals surface area contributed by atoms with E-state index in [2.05, 4.69) is 25.6 Å². The number of nitrogens with one attached hydrogen (secondary N) is 2. The van der Waals surface area contributed by atoms with E-state index in [1.165, 1.54) is 6.33 Å². The second kappa shape index (κ2) is 5.88. The molecule has 5 rings (SSSR count). The summed E-state index contributed by atoms with van der Waals surface area (Å²) in [5.74, 6) is 0.466. The number of anilines is 1. The zero-order valence-corrected chi connectivity index (χ0v) is 15.4. The minimum absolute atomic E-state index is 0.147. The summed E-state index contributed by atoms with van der Waals surface area (Å²) in [6, 6.07) is 1.67. The summed E-state index contributed by atoms with van der Waals surface area (Å²) in [5.41, 5.74) is 2.17. The number of carbonyl (C=O) groups is 2. The molecule has 144 valence electrons. The Morgan fingerprint density at radius 3 is 2.79 bits per heavy atom. The fraction of sp³-hybridized carbons (Fsp3) is 0.421. The van der Waals surface area contributed by atoms with Crippen LogP contribution in [0.3, 0.4) is 0 Å². The molecule has 3 N–H and O–H groups in total. The van der Waals surface area contributed by atoms with E-state index in [4.69, 9.17) is 0 Å². The molecule has 1 fully saturated rings. The van der Waals surface area contributed by atoms with Crippen LogP contribution in [0.4, 0.5) is 11.6 Å². The maximum Gasteiger partial charge on any atom is 0.254 e. The van der Waals surface area contributed by atoms with E-state index in [1.54, 1.807) is 6.07 Å². The molecule has 0 aromatic carbocycles. The molecule has 0 bridgehead atoms. The second-order valence-corrected chi connectivity index (χ2v) is 7.68. The monoisotopic (exact) mass is 380 g/mol. The Morgan fingerprint density at radius 1 is 1.21 bits per heavy atom. The van der Waals surface area contributed by atoms with Crippen molar-refractivity contribution in [3.05, 3.63) is 40.3 Å². The van der Waals surface area contributed by atoms with Crippen molar-refractivity contribution in [1.82, 2.24) is 20.0 Å². The van der Waals surface area contributed by atoms with Gasteiger partial charge < -0.3 is 15.8 Å². The lowest BCUT2D eigenvalue weighted by Crippen LogP contribution is -2.43. The van der Waals surface area contributed by atoms with E-state index in [0.717, 1.165) is 42.4 Å². The van der Waals surface area contributed by atoms with Crippen molar-refractivity contribution in [2.24, 2.45) is 4.99 Å². The van der Waals surface area contributed by atoms with Crippen LogP contribution >= 0.6 is 0 Å². The smallest absolute Gasteiger partial charge is 0.254 e. The fourth-order valence-electron chi connectivity index (χ4n) is 4.61. The number of aryl methyl sites for hydroxylation is 1. The lowest BCUT2D eigenvalue weighted by Gasteiger charge is -2.34. The van der Waals surface area contributed by atoms with E-state index < -0.39 is 5.54 Å². The molecular weight excluding hydrogens is 360 g/mol. The standard InChI is InChI=1S/C19H20N6O3/c1-10-7-12(22-16-11-8-13(26)23-17(11)21-9-20-16)25(28)15-14(10)18(27)24-19(15)5-3-2-4-6-19/h7,9,28H,2-6,8H2,1H3,(H,24,27)(H,20,21,23,26). The molecule has 4 heterocycles. The molecule has 2 amide bonds. The van der Waals surface area contributed by atoms with Crippen molar-refractivity contribution in [3.63, 3.8) is 0 Å². The third kappa shape index (κ3) is 2.35. The number of hydrogen-bond donors (Lipinski definition) is 3. The number of carbonyl (C=O) groups excluding carboxylic acids is 2. The first-order valence-electron chi connectivity index (χ1n) is 9.46. The van der Waals surface area contributed by atoms with Crippen LogP contribution in [0.15, 0.2) is 17.4 Å². The van der Waals surface area contributed by atoms with E-state index in [9.17, 15) is 14.8 Å². The molecule has 1 spiro atoms. The third-order valence-corrected chi connectivity index (χ3v) is 5.88. The predicted octanol–water partition coefficient (Wildman–Crippen LogP) is 1.45. The quantitative estimate of drug-likeness (QED) is 0.647. The molecule has 3 aliphatic rings. The van der Waals surface area contributed by atoms with Gasteiger partial charge in [0.2, 0.25) is 5.91 Å². The Balaban J connectivity index is 1.72. The SMILES string of the molecule is Cc1cc(=Nc2ncnc3c2CC(=O)N3)n(O)c2c1C(=O)NC21CCCCC1. The highest BCUT2D eigenvalue weighted by Gasteiger charge is 2.47. The highest BCUT2D eigenvalue weighted by atomic mass is 16.5. The van der Waals surface area contributed by atoms with Gasteiger partial charge in [0, 0.05) is 5.56 Å². The van der Waals surface area contributed by atoms with Gasteiger partial charge in [0.15, 0.2) is 11.3 Å². The molecule has 9 nitrogen and oxygen atoms in total. The van der Waals surface area contributed by atoms with Crippen molar-refractivity contribution in [2.45, 2.75) is 51.0 Å². The zero-order valence-electron chi connectivity index (χ0n) is 15.4. The number of nitrogens with zero attached hydrogens (tertiary/aromatic N) is 4. The highest BCUT2D eigenvalue weighted by Crippen LogP contribution is 2.42. The van der Waals surface area contributed by atoms with Crippen molar-refractivity contribution in [3.8, 4) is 0 Å². The van der Waals surface area contributed by atoms with Gasteiger partial charge in [-0.1, -0.05) is 19.3 Å². The second-order valence-electron chi connectivity index (χ2n) is 7.68. The van der Waals surface area contributed by atoms with Crippen LogP contribution in [0.2, 0.25) is 0 Å². The van der Waals surface area contributed by atoms with Gasteiger partial charge in [-0.2, -0.15) is 4.73 Å². The lowest BCUT2D eigenvalue weighted by atomic mass is 9.79. The molecule has 1 aliphatic carbocycles. The van der Waals surface area contributed by atoms with Crippen LogP contribution in [-0.4, -0.2) is 31.7 Å². The van der Waals surface area contributed by atoms with E-state index in [0.29, 0.717) is 28.5 Å². The van der Waals surface area contributed by atoms with E-state index in [-0.39, 0.29) is 23.7 Å². The van der Waals surface area contributed by atoms with Gasteiger partial charge in [0.25, 0.3) is 5.91 Å². The fourth-order valence-corrected chi connectivity index (χ4v) is 4.61. The zero-order chi connectivity index (χ0) is 19.5. The Bertz CT molecular complexity index is 1100. The molecule has 28 heavy (non-hydrogen) atoms. The predicted molar refractivity (Wildman–Crippen MR) is 98.2 cm³/mol. The molecule has 0 unspecified atom stereocenters. The Hall–Kier alpha value is -3.23. The number of hydrogen-bond acceptors (Lipinski definition) is 6. The molecule has 2 aromatic rings. The lowest BCUT2D eigenvalue weighted by molar-refractivity contribution is -0.115. The summed E-state index contributed by atoms with van der Waals surface area (Å²) >= 11 is 0. The molecule has 2 aromatic heterocycles. The van der Waals surface area contributed by atoms with Gasteiger partial charge in [0.05, 0.1) is 23.2 Å². The molecule has 0 saturated heterocycles. The summed E-state index contributed by atoms with van der Waals surface area (Å²) < 4.78 is 1.02. The van der Waals surface area contributed by atoms with Crippen molar-refractivity contribution < 1.29 is 14.8 Å². The van der Waals surface area contributed by atoms with Crippen molar-refractivity contribution >= 4 is 23.5 Å². The first-order valence-corrected chi connectivity index (χ1v) is 9.46. The van der Waals surface area contributed by atoms with Gasteiger partial charge in [-0.05, 0) is 31.4 Å². The minimum Gasteiger partial charge on any atom is -0.427 e. The third-order valence-electron chi connectivity index (χ3n) is 5.88. The molecule has 1 saturated carbocycles. The largest absolute Gasteiger partial charge is 0.427 e. The van der Waals surface area contributed by atoms with Crippen LogP contribution in [-0.2, 0) is 16.8 Å². The number of aromatic nitrogens is 3. The first kappa shape index (κ1) is 16.9. The van der Waals surface area contributed by atoms with Crippen LogP contribution in [0.25, 0.3) is 0 Å². The highest BCUT2D eigenvalue weighted by molar-refractivity contribution is 6.01. The molecule has 2 aliphatic heterocycles. The van der Waals surface area contributed by atoms with E-state index >= 15 is 0 Å². The molecule has 0 radical (unpaired) electrons. The van der Waals surface area contributed by atoms with Gasteiger partial charge in [-0.25, -0.2) is 15.0 Å². The summed E-state index contributed by atoms with van der Waals surface area (Å²) in [6.07, 6.45) is 6.16. The van der Waals surface area contributed by atoms with Crippen molar-refractivity contribution in [2.75, 3.05) is 5.32 Å². The normalized spacial score (nSPS) is 20.1. The van der Waals surface area contributed by atoms with Gasteiger partial charge >= 0.3 is 0 Å². The van der Waals surface area contributed by atoms with Crippen LogP contribution < -0.4 is 16.1 Å². The summed E-state index contributed by atoms with van der Waals surface area (Å²) in [7, 11) is 0. The maximum absolute atomic E-state index is 12.6. The molecular formula is C19H20N6O3. The van der Waals surface area contributed by atoms with Crippen molar-refractivity contribution in [1.29, 1.82) is 0 Å². The Morgan fingerprint density at radius 2 is 2.00 bits per heavy atom. The Labute approximate surface area is 160 Å². The molecule has 9 heteroatoms. The number of fused-ring (bicyclic) bond motifs is 3. The number of pyridine rings is 1. The first-order chi connectivity index (χ1) is 13.5. The average molecular weight is 380 g/mol. The summed E-state index contributed by atoms with van der Waals surface area (Å²) in [5, 5.41) is 16.8. The maximum atomic E-state index is 12.6. The van der Waals surface area contributed by atoms with Crippen LogP contribution in [0.1, 0.15) is 59.3 Å². The van der Waals surface area contributed by atoms with Crippen LogP contribution in [0, 0.1) is 6.92 Å². The van der Waals surface area contributed by atoms with Crippen LogP contribution in [0.5, 0.6) is 0 Å². The van der Waals surface area contributed by atoms with Gasteiger partial charge in [-0.15, -0.1) is 0 Å². The summed E-state index contributed by atoms with van der Waals surface area (Å²) in [6.45, 7) is 1.84. The number of amides is 2. The van der Waals surface area contributed by atoms with Gasteiger partial charge in [0.1, 0.15) is 12.1 Å². The average Bonchev–Trinajstić information content (AvgIpc) is 3.18. The van der Waals surface area contributed by atoms with Gasteiger partial charge in [-0.3, -0.25) is 9.59 Å². The Kier molecular flexibility index (Phi) is 3.55. The number of rotatable bonds is 1.